The van der Waals surface area contributed by atoms with Crippen LogP contribution in [0.5, 0.6) is 0 Å². The van der Waals surface area contributed by atoms with Gasteiger partial charge in [-0.05, 0) is 24.9 Å². The molecule has 0 radical (unpaired) electrons. The van der Waals surface area contributed by atoms with Gasteiger partial charge in [-0.1, -0.05) is 19.8 Å². The Morgan fingerprint density at radius 3 is 2.71 bits per heavy atom. The normalized spacial score (nSPS) is 10.3. The lowest BCUT2D eigenvalue weighted by atomic mass is 10.2. The molecule has 1 aromatic heterocycles. The van der Waals surface area contributed by atoms with Crippen LogP contribution in [0.1, 0.15) is 31.9 Å². The molecule has 0 bridgehead atoms. The van der Waals surface area contributed by atoms with Gasteiger partial charge in [-0.2, -0.15) is 4.98 Å². The molecule has 17 heavy (non-hydrogen) atoms. The Balaban J connectivity index is 2.85. The van der Waals surface area contributed by atoms with Gasteiger partial charge in [0.25, 0.3) is 0 Å². The first-order valence-electron chi connectivity index (χ1n) is 5.48. The van der Waals surface area contributed by atoms with Crippen LogP contribution in [0.2, 0.25) is 5.28 Å². The van der Waals surface area contributed by atoms with Gasteiger partial charge in [-0.15, -0.1) is 0 Å². The van der Waals surface area contributed by atoms with Gasteiger partial charge in [-0.3, -0.25) is 10.1 Å². The van der Waals surface area contributed by atoms with Gasteiger partial charge in [0.1, 0.15) is 5.69 Å². The maximum absolute atomic E-state index is 10.9. The van der Waals surface area contributed by atoms with E-state index in [0.29, 0.717) is 6.54 Å². The van der Waals surface area contributed by atoms with Crippen LogP contribution < -0.4 is 5.32 Å². The van der Waals surface area contributed by atoms with Crippen molar-refractivity contribution >= 4 is 23.1 Å². The molecule has 0 aliphatic heterocycles. The lowest BCUT2D eigenvalue weighted by Gasteiger charge is -2.07. The lowest BCUT2D eigenvalue weighted by Crippen LogP contribution is -2.08. The van der Waals surface area contributed by atoms with Crippen molar-refractivity contribution in [3.05, 3.63) is 21.1 Å². The number of nitro groups is 1. The molecule has 7 heteroatoms. The number of rotatable bonds is 6. The SMILES string of the molecule is CCCCCNc1nc(Cl)nc(C)c1[N+](=O)[O-]. The van der Waals surface area contributed by atoms with Crippen LogP contribution in [0.3, 0.4) is 0 Å². The first kappa shape index (κ1) is 13.6. The fourth-order valence-corrected chi connectivity index (χ4v) is 1.67. The summed E-state index contributed by atoms with van der Waals surface area (Å²) in [6.07, 6.45) is 3.10. The summed E-state index contributed by atoms with van der Waals surface area (Å²) in [5.74, 6) is 0.198. The molecule has 0 saturated heterocycles. The molecule has 0 aliphatic carbocycles. The van der Waals surface area contributed by atoms with Gasteiger partial charge in [0.15, 0.2) is 0 Å². The van der Waals surface area contributed by atoms with E-state index < -0.39 is 4.92 Å². The van der Waals surface area contributed by atoms with E-state index >= 15 is 0 Å². The molecule has 1 heterocycles. The van der Waals surface area contributed by atoms with Crippen molar-refractivity contribution < 1.29 is 4.92 Å². The van der Waals surface area contributed by atoms with Crippen molar-refractivity contribution in [2.45, 2.75) is 33.1 Å². The highest BCUT2D eigenvalue weighted by Crippen LogP contribution is 2.26. The molecule has 94 valence electrons. The van der Waals surface area contributed by atoms with E-state index in [2.05, 4.69) is 22.2 Å². The van der Waals surface area contributed by atoms with Crippen molar-refractivity contribution in [2.24, 2.45) is 0 Å². The van der Waals surface area contributed by atoms with Crippen LogP contribution in [-0.2, 0) is 0 Å². The molecule has 1 N–H and O–H groups in total. The minimum absolute atomic E-state index is 0.0195. The minimum atomic E-state index is -0.492. The van der Waals surface area contributed by atoms with Crippen LogP contribution in [0, 0.1) is 17.0 Å². The Labute approximate surface area is 105 Å². The molecule has 0 aromatic carbocycles. The summed E-state index contributed by atoms with van der Waals surface area (Å²) in [4.78, 5) is 18.0. The second kappa shape index (κ2) is 6.34. The van der Waals surface area contributed by atoms with Crippen LogP contribution >= 0.6 is 11.6 Å². The Kier molecular flexibility index (Phi) is 5.09. The summed E-state index contributed by atoms with van der Waals surface area (Å²) >= 11 is 5.68. The maximum Gasteiger partial charge on any atom is 0.332 e. The Morgan fingerprint density at radius 1 is 1.41 bits per heavy atom. The molecule has 0 fully saturated rings. The lowest BCUT2D eigenvalue weighted by molar-refractivity contribution is -0.385. The average molecular weight is 259 g/mol. The fourth-order valence-electron chi connectivity index (χ4n) is 1.46. The summed E-state index contributed by atoms with van der Waals surface area (Å²) in [6.45, 7) is 4.28. The molecule has 1 rings (SSSR count). The number of nitrogens with one attached hydrogen (secondary N) is 1. The van der Waals surface area contributed by atoms with Gasteiger partial charge < -0.3 is 5.32 Å². The third-order valence-electron chi connectivity index (χ3n) is 2.29. The number of hydrogen-bond donors (Lipinski definition) is 1. The summed E-state index contributed by atoms with van der Waals surface area (Å²) in [7, 11) is 0. The number of halogens is 1. The number of unbranched alkanes of at least 4 members (excludes halogenated alkanes) is 2. The maximum atomic E-state index is 10.9. The molecule has 0 aliphatic rings. The van der Waals surface area contributed by atoms with E-state index in [1.165, 1.54) is 0 Å². The van der Waals surface area contributed by atoms with Gasteiger partial charge in [0.05, 0.1) is 4.92 Å². The molecular weight excluding hydrogens is 244 g/mol. The topological polar surface area (TPSA) is 81.0 Å². The highest BCUT2D eigenvalue weighted by molar-refractivity contribution is 6.28. The second-order valence-corrected chi connectivity index (χ2v) is 4.00. The van der Waals surface area contributed by atoms with E-state index in [1.54, 1.807) is 6.92 Å². The fraction of sp³-hybridized carbons (Fsp3) is 0.600. The summed E-state index contributed by atoms with van der Waals surface area (Å²) in [5.41, 5.74) is 0.166. The average Bonchev–Trinajstić information content (AvgIpc) is 2.22. The predicted molar refractivity (Wildman–Crippen MR) is 66.4 cm³/mol. The molecule has 6 nitrogen and oxygen atoms in total. The number of nitrogens with zero attached hydrogens (tertiary/aromatic N) is 3. The summed E-state index contributed by atoms with van der Waals surface area (Å²) in [5, 5.41) is 13.8. The zero-order chi connectivity index (χ0) is 12.8. The molecule has 0 spiro atoms. The summed E-state index contributed by atoms with van der Waals surface area (Å²) < 4.78 is 0. The Bertz CT molecular complexity index is 412. The highest BCUT2D eigenvalue weighted by atomic mass is 35.5. The molecular formula is C10H15ClN4O2. The first-order valence-corrected chi connectivity index (χ1v) is 5.86. The summed E-state index contributed by atoms with van der Waals surface area (Å²) in [6, 6.07) is 0. The largest absolute Gasteiger partial charge is 0.364 e. The van der Waals surface area contributed by atoms with E-state index in [-0.39, 0.29) is 22.5 Å². The molecule has 0 amide bonds. The predicted octanol–water partition coefficient (Wildman–Crippen LogP) is 2.95. The quantitative estimate of drug-likeness (QED) is 0.367. The van der Waals surface area contributed by atoms with E-state index in [0.717, 1.165) is 19.3 Å². The number of hydrogen-bond acceptors (Lipinski definition) is 5. The van der Waals surface area contributed by atoms with Crippen molar-refractivity contribution in [2.75, 3.05) is 11.9 Å². The van der Waals surface area contributed by atoms with Crippen molar-refractivity contribution in [3.63, 3.8) is 0 Å². The minimum Gasteiger partial charge on any atom is -0.364 e. The van der Waals surface area contributed by atoms with Gasteiger partial charge in [0, 0.05) is 6.54 Å². The zero-order valence-electron chi connectivity index (χ0n) is 9.86. The van der Waals surface area contributed by atoms with E-state index in [4.69, 9.17) is 11.6 Å². The smallest absolute Gasteiger partial charge is 0.332 e. The van der Waals surface area contributed by atoms with Crippen molar-refractivity contribution in [3.8, 4) is 0 Å². The van der Waals surface area contributed by atoms with Crippen LogP contribution in [0.4, 0.5) is 11.5 Å². The van der Waals surface area contributed by atoms with Crippen molar-refractivity contribution in [1.29, 1.82) is 0 Å². The Morgan fingerprint density at radius 2 is 2.12 bits per heavy atom. The van der Waals surface area contributed by atoms with Crippen LogP contribution in [-0.4, -0.2) is 21.4 Å². The first-order chi connectivity index (χ1) is 8.06. The second-order valence-electron chi connectivity index (χ2n) is 3.67. The van der Waals surface area contributed by atoms with Gasteiger partial charge in [-0.25, -0.2) is 4.98 Å². The highest BCUT2D eigenvalue weighted by Gasteiger charge is 2.21. The number of anilines is 1. The third-order valence-corrected chi connectivity index (χ3v) is 2.46. The molecule has 1 aromatic rings. The van der Waals surface area contributed by atoms with Crippen molar-refractivity contribution in [1.82, 2.24) is 9.97 Å². The third kappa shape index (κ3) is 3.81. The zero-order valence-corrected chi connectivity index (χ0v) is 10.6. The van der Waals surface area contributed by atoms with Crippen LogP contribution in [0.15, 0.2) is 0 Å². The number of aryl methyl sites for hydroxylation is 1. The Hall–Kier alpha value is -1.43. The van der Waals surface area contributed by atoms with E-state index in [1.807, 2.05) is 0 Å². The molecule has 0 unspecified atom stereocenters. The standard InChI is InChI=1S/C10H15ClN4O2/c1-3-4-5-6-12-9-8(15(16)17)7(2)13-10(11)14-9/h3-6H2,1-2H3,(H,12,13,14). The van der Waals surface area contributed by atoms with Crippen LogP contribution in [0.25, 0.3) is 0 Å². The van der Waals surface area contributed by atoms with Gasteiger partial charge in [0.2, 0.25) is 11.1 Å². The molecule has 0 atom stereocenters. The van der Waals surface area contributed by atoms with E-state index in [9.17, 15) is 10.1 Å². The van der Waals surface area contributed by atoms with Gasteiger partial charge >= 0.3 is 5.69 Å². The number of aromatic nitrogens is 2. The molecule has 0 saturated carbocycles. The monoisotopic (exact) mass is 258 g/mol.